The van der Waals surface area contributed by atoms with Crippen molar-refractivity contribution < 1.29 is 9.53 Å². The summed E-state index contributed by atoms with van der Waals surface area (Å²) in [5.41, 5.74) is 2.42. The highest BCUT2D eigenvalue weighted by Crippen LogP contribution is 2.31. The highest BCUT2D eigenvalue weighted by atomic mass is 32.2. The molecule has 1 aromatic carbocycles. The van der Waals surface area contributed by atoms with E-state index >= 15 is 0 Å². The molecule has 1 saturated heterocycles. The number of rotatable bonds is 5. The van der Waals surface area contributed by atoms with Gasteiger partial charge >= 0.3 is 0 Å². The fourth-order valence-corrected chi connectivity index (χ4v) is 4.43. The fraction of sp³-hybridized carbons (Fsp3) is 0.474. The molecule has 132 valence electrons. The Morgan fingerprint density at radius 2 is 2.16 bits per heavy atom. The number of thioether (sulfide) groups is 1. The van der Waals surface area contributed by atoms with Crippen molar-refractivity contribution in [3.05, 3.63) is 47.0 Å². The maximum absolute atomic E-state index is 12.7. The monoisotopic (exact) mass is 357 g/mol. The third-order valence-electron chi connectivity index (χ3n) is 4.87. The molecule has 1 fully saturated rings. The van der Waals surface area contributed by atoms with Gasteiger partial charge in [0.25, 0.3) is 0 Å². The van der Waals surface area contributed by atoms with E-state index in [1.807, 2.05) is 11.0 Å². The minimum atomic E-state index is 0.133. The smallest absolute Gasteiger partial charge is 0.228 e. The molecule has 1 unspecified atom stereocenters. The normalized spacial score (nSPS) is 22.6. The van der Waals surface area contributed by atoms with Crippen LogP contribution in [0.5, 0.6) is 0 Å². The molecule has 3 aliphatic rings. The molecule has 25 heavy (non-hydrogen) atoms. The van der Waals surface area contributed by atoms with E-state index in [1.54, 1.807) is 11.8 Å². The predicted octanol–water partition coefficient (Wildman–Crippen LogP) is 2.50. The second-order valence-corrected chi connectivity index (χ2v) is 7.41. The highest BCUT2D eigenvalue weighted by Gasteiger charge is 2.30. The summed E-state index contributed by atoms with van der Waals surface area (Å²) < 4.78 is 5.88. The van der Waals surface area contributed by atoms with E-state index in [4.69, 9.17) is 4.74 Å². The van der Waals surface area contributed by atoms with E-state index in [0.717, 1.165) is 36.8 Å². The van der Waals surface area contributed by atoms with Gasteiger partial charge in [-0.15, -0.1) is 0 Å². The first-order chi connectivity index (χ1) is 12.3. The Morgan fingerprint density at radius 3 is 3.04 bits per heavy atom. The highest BCUT2D eigenvalue weighted by molar-refractivity contribution is 8.16. The number of aryl methyl sites for hydroxylation is 1. The van der Waals surface area contributed by atoms with E-state index in [1.165, 1.54) is 5.56 Å². The van der Waals surface area contributed by atoms with Crippen LogP contribution in [0, 0.1) is 0 Å². The van der Waals surface area contributed by atoms with E-state index in [0.29, 0.717) is 26.1 Å². The van der Waals surface area contributed by atoms with Gasteiger partial charge in [0.1, 0.15) is 0 Å². The van der Waals surface area contributed by atoms with Crippen LogP contribution in [-0.2, 0) is 16.0 Å². The minimum absolute atomic E-state index is 0.133. The van der Waals surface area contributed by atoms with Gasteiger partial charge in [-0.2, -0.15) is 0 Å². The number of fused-ring (bicyclic) bond motifs is 1. The maximum atomic E-state index is 12.7. The Morgan fingerprint density at radius 1 is 1.28 bits per heavy atom. The van der Waals surface area contributed by atoms with Crippen molar-refractivity contribution >= 4 is 22.8 Å². The summed E-state index contributed by atoms with van der Waals surface area (Å²) >= 11 is 1.63. The molecule has 1 atom stereocenters. The standard InChI is InChI=1S/C19H23N3O2S/c23-18(12-16-14-25-19-20-8-9-22(16)19)21-10-11-24-17(13-21)7-6-15-4-2-1-3-5-15/h1-5,14,17H,6-13H2. The molecule has 1 aromatic rings. The molecule has 3 aliphatic heterocycles. The molecule has 1 amide bonds. The summed E-state index contributed by atoms with van der Waals surface area (Å²) in [5.74, 6) is 0.202. The molecule has 5 nitrogen and oxygen atoms in total. The van der Waals surface area contributed by atoms with Gasteiger partial charge in [-0.1, -0.05) is 42.1 Å². The Labute approximate surface area is 152 Å². The lowest BCUT2D eigenvalue weighted by atomic mass is 10.1. The van der Waals surface area contributed by atoms with Gasteiger partial charge in [0.2, 0.25) is 5.91 Å². The number of benzene rings is 1. The topological polar surface area (TPSA) is 45.1 Å². The molecular weight excluding hydrogens is 334 g/mol. The number of hydrogen-bond donors (Lipinski definition) is 0. The van der Waals surface area contributed by atoms with Crippen molar-refractivity contribution in [3.8, 4) is 0 Å². The number of aliphatic imine (C=N–C) groups is 1. The number of amidine groups is 1. The molecule has 0 saturated carbocycles. The van der Waals surface area contributed by atoms with Gasteiger partial charge < -0.3 is 14.5 Å². The molecule has 0 bridgehead atoms. The molecule has 0 aromatic heterocycles. The van der Waals surface area contributed by atoms with E-state index in [2.05, 4.69) is 39.6 Å². The number of morpholine rings is 1. The van der Waals surface area contributed by atoms with Crippen LogP contribution in [0.1, 0.15) is 18.4 Å². The average molecular weight is 357 g/mol. The van der Waals surface area contributed by atoms with Crippen LogP contribution in [0.3, 0.4) is 0 Å². The molecule has 4 rings (SSSR count). The fourth-order valence-electron chi connectivity index (χ4n) is 3.48. The Hall–Kier alpha value is -1.79. The first-order valence-corrected chi connectivity index (χ1v) is 9.78. The summed E-state index contributed by atoms with van der Waals surface area (Å²) in [6, 6.07) is 10.5. The number of hydrogen-bond acceptors (Lipinski definition) is 5. The van der Waals surface area contributed by atoms with Crippen molar-refractivity contribution in [1.82, 2.24) is 9.80 Å². The third-order valence-corrected chi connectivity index (χ3v) is 5.82. The Balaban J connectivity index is 1.29. The number of nitrogens with zero attached hydrogens (tertiary/aromatic N) is 3. The van der Waals surface area contributed by atoms with E-state index in [-0.39, 0.29) is 12.0 Å². The van der Waals surface area contributed by atoms with Crippen molar-refractivity contribution in [2.45, 2.75) is 25.4 Å². The van der Waals surface area contributed by atoms with Crippen LogP contribution in [0.4, 0.5) is 0 Å². The molecule has 0 N–H and O–H groups in total. The molecular formula is C19H23N3O2S. The van der Waals surface area contributed by atoms with Crippen LogP contribution in [0.25, 0.3) is 0 Å². The first-order valence-electron chi connectivity index (χ1n) is 8.90. The zero-order valence-corrected chi connectivity index (χ0v) is 15.1. The summed E-state index contributed by atoms with van der Waals surface area (Å²) in [6.07, 6.45) is 2.55. The van der Waals surface area contributed by atoms with Crippen LogP contribution < -0.4 is 0 Å². The Kier molecular flexibility index (Phi) is 5.08. The van der Waals surface area contributed by atoms with Crippen LogP contribution in [0.2, 0.25) is 0 Å². The van der Waals surface area contributed by atoms with Gasteiger partial charge in [-0.05, 0) is 23.8 Å². The number of amides is 1. The Bertz CT molecular complexity index is 689. The quantitative estimate of drug-likeness (QED) is 0.812. The van der Waals surface area contributed by atoms with Gasteiger partial charge in [0.15, 0.2) is 5.17 Å². The second-order valence-electron chi connectivity index (χ2n) is 6.58. The van der Waals surface area contributed by atoms with E-state index < -0.39 is 0 Å². The van der Waals surface area contributed by atoms with E-state index in [9.17, 15) is 4.79 Å². The maximum Gasteiger partial charge on any atom is 0.228 e. The lowest BCUT2D eigenvalue weighted by Gasteiger charge is -2.33. The number of ether oxygens (including phenoxy) is 1. The van der Waals surface area contributed by atoms with Gasteiger partial charge in [-0.3, -0.25) is 9.79 Å². The predicted molar refractivity (Wildman–Crippen MR) is 100 cm³/mol. The number of carbonyl (C=O) groups excluding carboxylic acids is 1. The van der Waals surface area contributed by atoms with Crippen molar-refractivity contribution in [2.75, 3.05) is 32.8 Å². The van der Waals surface area contributed by atoms with Crippen molar-refractivity contribution in [1.29, 1.82) is 0 Å². The van der Waals surface area contributed by atoms with Gasteiger partial charge in [0, 0.05) is 25.3 Å². The number of carbonyl (C=O) groups is 1. The molecule has 6 heteroatoms. The summed E-state index contributed by atoms with van der Waals surface area (Å²) in [5, 5.41) is 3.12. The summed E-state index contributed by atoms with van der Waals surface area (Å²) in [7, 11) is 0. The van der Waals surface area contributed by atoms with Crippen LogP contribution in [0.15, 0.2) is 46.4 Å². The van der Waals surface area contributed by atoms with Crippen molar-refractivity contribution in [2.24, 2.45) is 4.99 Å². The van der Waals surface area contributed by atoms with Crippen molar-refractivity contribution in [3.63, 3.8) is 0 Å². The molecule has 0 spiro atoms. The van der Waals surface area contributed by atoms with Crippen LogP contribution in [-0.4, -0.2) is 59.8 Å². The van der Waals surface area contributed by atoms with Gasteiger partial charge in [0.05, 0.1) is 25.7 Å². The average Bonchev–Trinajstić information content (AvgIpc) is 3.26. The lowest BCUT2D eigenvalue weighted by molar-refractivity contribution is -0.138. The second kappa shape index (κ2) is 7.62. The van der Waals surface area contributed by atoms with Crippen LogP contribution >= 0.6 is 11.8 Å². The minimum Gasteiger partial charge on any atom is -0.375 e. The summed E-state index contributed by atoms with van der Waals surface area (Å²) in [6.45, 7) is 3.78. The largest absolute Gasteiger partial charge is 0.375 e. The molecule has 0 aliphatic carbocycles. The molecule has 0 radical (unpaired) electrons. The van der Waals surface area contributed by atoms with Gasteiger partial charge in [-0.25, -0.2) is 0 Å². The lowest BCUT2D eigenvalue weighted by Crippen LogP contribution is -2.46. The third kappa shape index (κ3) is 3.90. The zero-order chi connectivity index (χ0) is 17.1. The first kappa shape index (κ1) is 16.7. The SMILES string of the molecule is O=C(CC1=CSC2=NCCN12)N1CCOC(CCc2ccccc2)C1. The zero-order valence-electron chi connectivity index (χ0n) is 14.3. The summed E-state index contributed by atoms with van der Waals surface area (Å²) in [4.78, 5) is 21.3. The molecule has 3 heterocycles.